The standard InChI is InChI=1S/C13H15N3O3/c1-8-13(9(2)17)14-15-16(8)10-5-6-11(18-3)12(7-10)19-4/h5-7H,1-4H3. The van der Waals surface area contributed by atoms with Crippen molar-refractivity contribution in [3.05, 3.63) is 29.6 Å². The number of carbonyl (C=O) groups excluding carboxylic acids is 1. The summed E-state index contributed by atoms with van der Waals surface area (Å²) in [5, 5.41) is 7.87. The van der Waals surface area contributed by atoms with Crippen molar-refractivity contribution in [3.8, 4) is 17.2 Å². The van der Waals surface area contributed by atoms with Crippen molar-refractivity contribution in [2.45, 2.75) is 13.8 Å². The van der Waals surface area contributed by atoms with Gasteiger partial charge in [0.05, 0.1) is 25.6 Å². The molecule has 19 heavy (non-hydrogen) atoms. The molecule has 0 N–H and O–H groups in total. The van der Waals surface area contributed by atoms with Crippen LogP contribution >= 0.6 is 0 Å². The van der Waals surface area contributed by atoms with E-state index in [1.54, 1.807) is 38.0 Å². The van der Waals surface area contributed by atoms with E-state index in [9.17, 15) is 4.79 Å². The maximum atomic E-state index is 11.4. The van der Waals surface area contributed by atoms with Crippen LogP contribution in [-0.2, 0) is 0 Å². The minimum atomic E-state index is -0.107. The van der Waals surface area contributed by atoms with Crippen LogP contribution < -0.4 is 9.47 Å². The molecule has 1 aromatic heterocycles. The number of ketones is 1. The fraction of sp³-hybridized carbons (Fsp3) is 0.308. The van der Waals surface area contributed by atoms with Crippen LogP contribution in [0.5, 0.6) is 11.5 Å². The summed E-state index contributed by atoms with van der Waals surface area (Å²) in [6, 6.07) is 5.39. The monoisotopic (exact) mass is 261 g/mol. The smallest absolute Gasteiger partial charge is 0.181 e. The molecule has 0 aliphatic rings. The van der Waals surface area contributed by atoms with Crippen LogP contribution in [0.25, 0.3) is 5.69 Å². The Balaban J connectivity index is 2.50. The van der Waals surface area contributed by atoms with Gasteiger partial charge in [-0.3, -0.25) is 4.79 Å². The Morgan fingerprint density at radius 2 is 1.89 bits per heavy atom. The first-order valence-electron chi connectivity index (χ1n) is 5.74. The first-order chi connectivity index (χ1) is 9.08. The summed E-state index contributed by atoms with van der Waals surface area (Å²) in [6.07, 6.45) is 0. The molecule has 0 aliphatic heterocycles. The lowest BCUT2D eigenvalue weighted by Gasteiger charge is -2.10. The van der Waals surface area contributed by atoms with E-state index in [1.807, 2.05) is 6.07 Å². The molecule has 0 saturated carbocycles. The Morgan fingerprint density at radius 3 is 2.42 bits per heavy atom. The number of rotatable bonds is 4. The van der Waals surface area contributed by atoms with E-state index in [1.165, 1.54) is 6.92 Å². The molecule has 0 saturated heterocycles. The maximum absolute atomic E-state index is 11.4. The van der Waals surface area contributed by atoms with Crippen LogP contribution in [0.15, 0.2) is 18.2 Å². The van der Waals surface area contributed by atoms with Gasteiger partial charge in [0.1, 0.15) is 0 Å². The zero-order valence-corrected chi connectivity index (χ0v) is 11.3. The van der Waals surface area contributed by atoms with E-state index < -0.39 is 0 Å². The van der Waals surface area contributed by atoms with Gasteiger partial charge in [0.15, 0.2) is 23.0 Å². The SMILES string of the molecule is COc1ccc(-n2nnc(C(C)=O)c2C)cc1OC. The first kappa shape index (κ1) is 13.1. The number of hydrogen-bond acceptors (Lipinski definition) is 5. The summed E-state index contributed by atoms with van der Waals surface area (Å²) in [6.45, 7) is 3.27. The molecule has 0 atom stereocenters. The average molecular weight is 261 g/mol. The van der Waals surface area contributed by atoms with E-state index in [-0.39, 0.29) is 5.78 Å². The Labute approximate surface area is 110 Å². The van der Waals surface area contributed by atoms with Gasteiger partial charge in [-0.2, -0.15) is 0 Å². The van der Waals surface area contributed by atoms with Gasteiger partial charge < -0.3 is 9.47 Å². The lowest BCUT2D eigenvalue weighted by Crippen LogP contribution is -2.02. The minimum absolute atomic E-state index is 0.107. The molecule has 1 aromatic carbocycles. The van der Waals surface area contributed by atoms with Crippen molar-refractivity contribution in [1.82, 2.24) is 15.0 Å². The molecule has 0 radical (unpaired) electrons. The predicted molar refractivity (Wildman–Crippen MR) is 69.2 cm³/mol. The normalized spacial score (nSPS) is 10.3. The first-order valence-corrected chi connectivity index (χ1v) is 5.74. The van der Waals surface area contributed by atoms with E-state index >= 15 is 0 Å². The number of benzene rings is 1. The molecule has 1 heterocycles. The molecule has 6 nitrogen and oxygen atoms in total. The Hall–Kier alpha value is -2.37. The van der Waals surface area contributed by atoms with E-state index in [2.05, 4.69) is 10.3 Å². The second-order valence-electron chi connectivity index (χ2n) is 4.03. The highest BCUT2D eigenvalue weighted by Gasteiger charge is 2.15. The van der Waals surface area contributed by atoms with Crippen LogP contribution in [0, 0.1) is 6.92 Å². The summed E-state index contributed by atoms with van der Waals surface area (Å²) in [4.78, 5) is 11.4. The van der Waals surface area contributed by atoms with Gasteiger partial charge in [-0.15, -0.1) is 5.10 Å². The van der Waals surface area contributed by atoms with Gasteiger partial charge in [-0.1, -0.05) is 5.21 Å². The molecule has 6 heteroatoms. The third-order valence-corrected chi connectivity index (χ3v) is 2.84. The summed E-state index contributed by atoms with van der Waals surface area (Å²) >= 11 is 0. The van der Waals surface area contributed by atoms with Gasteiger partial charge in [0.2, 0.25) is 0 Å². The van der Waals surface area contributed by atoms with Crippen molar-refractivity contribution < 1.29 is 14.3 Å². The lowest BCUT2D eigenvalue weighted by molar-refractivity contribution is 0.101. The summed E-state index contributed by atoms with van der Waals surface area (Å²) in [5.41, 5.74) is 1.82. The zero-order valence-electron chi connectivity index (χ0n) is 11.3. The second-order valence-corrected chi connectivity index (χ2v) is 4.03. The molecule has 2 aromatic rings. The topological polar surface area (TPSA) is 66.2 Å². The number of Topliss-reactive ketones (excluding diaryl/α,β-unsaturated/α-hetero) is 1. The van der Waals surface area contributed by atoms with Crippen LogP contribution in [0.4, 0.5) is 0 Å². The fourth-order valence-corrected chi connectivity index (χ4v) is 1.86. The van der Waals surface area contributed by atoms with Crippen LogP contribution in [0.2, 0.25) is 0 Å². The summed E-state index contributed by atoms with van der Waals surface area (Å²) in [5.74, 6) is 1.12. The molecule has 100 valence electrons. The highest BCUT2D eigenvalue weighted by atomic mass is 16.5. The highest BCUT2D eigenvalue weighted by Crippen LogP contribution is 2.29. The predicted octanol–water partition coefficient (Wildman–Crippen LogP) is 1.80. The maximum Gasteiger partial charge on any atom is 0.181 e. The Bertz CT molecular complexity index is 620. The highest BCUT2D eigenvalue weighted by molar-refractivity contribution is 5.93. The molecule has 0 aliphatic carbocycles. The number of aromatic nitrogens is 3. The van der Waals surface area contributed by atoms with E-state index in [4.69, 9.17) is 9.47 Å². The number of carbonyl (C=O) groups is 1. The van der Waals surface area contributed by atoms with Crippen molar-refractivity contribution in [3.63, 3.8) is 0 Å². The van der Waals surface area contributed by atoms with Crippen molar-refractivity contribution >= 4 is 5.78 Å². The third kappa shape index (κ3) is 2.29. The van der Waals surface area contributed by atoms with Crippen molar-refractivity contribution in [2.75, 3.05) is 14.2 Å². The molecular weight excluding hydrogens is 246 g/mol. The number of hydrogen-bond donors (Lipinski definition) is 0. The number of methoxy groups -OCH3 is 2. The van der Waals surface area contributed by atoms with Gasteiger partial charge in [0.25, 0.3) is 0 Å². The molecule has 0 spiro atoms. The minimum Gasteiger partial charge on any atom is -0.493 e. The van der Waals surface area contributed by atoms with Crippen molar-refractivity contribution in [1.29, 1.82) is 0 Å². The summed E-state index contributed by atoms with van der Waals surface area (Å²) < 4.78 is 12.0. The van der Waals surface area contributed by atoms with Crippen LogP contribution in [-0.4, -0.2) is 35.0 Å². The Kier molecular flexibility index (Phi) is 3.50. The van der Waals surface area contributed by atoms with Gasteiger partial charge in [0, 0.05) is 13.0 Å². The lowest BCUT2D eigenvalue weighted by atomic mass is 10.2. The van der Waals surface area contributed by atoms with Gasteiger partial charge >= 0.3 is 0 Å². The summed E-state index contributed by atoms with van der Waals surface area (Å²) in [7, 11) is 3.14. The molecule has 0 bridgehead atoms. The fourth-order valence-electron chi connectivity index (χ4n) is 1.86. The number of nitrogens with zero attached hydrogens (tertiary/aromatic N) is 3. The molecule has 2 rings (SSSR count). The van der Waals surface area contributed by atoms with E-state index in [0.29, 0.717) is 22.9 Å². The average Bonchev–Trinajstić information content (AvgIpc) is 2.80. The quantitative estimate of drug-likeness (QED) is 0.785. The largest absolute Gasteiger partial charge is 0.493 e. The molecule has 0 fully saturated rings. The third-order valence-electron chi connectivity index (χ3n) is 2.84. The van der Waals surface area contributed by atoms with Crippen molar-refractivity contribution in [2.24, 2.45) is 0 Å². The van der Waals surface area contributed by atoms with Crippen LogP contribution in [0.3, 0.4) is 0 Å². The Morgan fingerprint density at radius 1 is 1.21 bits per heavy atom. The second kappa shape index (κ2) is 5.09. The van der Waals surface area contributed by atoms with Crippen LogP contribution in [0.1, 0.15) is 23.1 Å². The number of ether oxygens (including phenoxy) is 2. The molecule has 0 amide bonds. The zero-order chi connectivity index (χ0) is 14.0. The van der Waals surface area contributed by atoms with Gasteiger partial charge in [-0.25, -0.2) is 4.68 Å². The van der Waals surface area contributed by atoms with E-state index in [0.717, 1.165) is 5.69 Å². The molecular formula is C13H15N3O3. The molecule has 0 unspecified atom stereocenters. The van der Waals surface area contributed by atoms with Gasteiger partial charge in [-0.05, 0) is 19.1 Å².